The van der Waals surface area contributed by atoms with Crippen LogP contribution in [0.15, 0.2) is 0 Å². The molecule has 0 bridgehead atoms. The molecule has 66 heavy (non-hydrogen) atoms. The topological polar surface area (TPSA) is 382 Å². The number of carbonyl (C=O) groups is 9. The molecule has 0 aromatic heterocycles. The van der Waals surface area contributed by atoms with E-state index in [0.717, 1.165) is 0 Å². The number of aliphatic hydroxyl groups is 1. The van der Waals surface area contributed by atoms with Crippen LogP contribution in [0.1, 0.15) is 132 Å². The summed E-state index contributed by atoms with van der Waals surface area (Å²) < 4.78 is 0. The average molecular weight is 942 g/mol. The van der Waals surface area contributed by atoms with Crippen molar-refractivity contribution in [3.8, 4) is 0 Å². The van der Waals surface area contributed by atoms with Gasteiger partial charge in [-0.3, -0.25) is 38.4 Å². The minimum Gasteiger partial charge on any atom is -0.480 e. The number of carboxylic acids is 1. The van der Waals surface area contributed by atoms with Crippen molar-refractivity contribution in [2.45, 2.75) is 181 Å². The summed E-state index contributed by atoms with van der Waals surface area (Å²) in [5.74, 6) is -8.31. The number of aliphatic carboxylic acids is 1. The second-order valence-corrected chi connectivity index (χ2v) is 18.0. The standard InChI is InChI=1S/C44H83N11O11/c1-9-26(7)35(48)42(63)55-36(27(8)10-2)43(64)51-29(16-12-14-20-46)37(58)49-28(15-11-13-19-45)38(59)52-32(22-25(5)6)41(62)53-31(21-24(3)4)40(61)50-30(17-18-34(47)57)39(60)54-33(23-56)44(65)66/h24-33,35-36,56H,9-23,45-46,48H2,1-8H3,(H2,47,57)(H,49,58)(H,50,61)(H,51,64)(H,52,59)(H,53,62)(H,54,60)(H,55,63)(H,65,66). The lowest BCUT2D eigenvalue weighted by Gasteiger charge is -2.30. The summed E-state index contributed by atoms with van der Waals surface area (Å²) in [5, 5.41) is 37.0. The Kier molecular flexibility index (Phi) is 30.3. The van der Waals surface area contributed by atoms with E-state index in [2.05, 4.69) is 37.2 Å². The lowest BCUT2D eigenvalue weighted by atomic mass is 9.95. The van der Waals surface area contributed by atoms with Crippen LogP contribution in [0.5, 0.6) is 0 Å². The SMILES string of the molecule is CCC(C)C(N)C(=O)NC(C(=O)NC(CCCCN)C(=O)NC(CCCCN)C(=O)NC(CC(C)C)C(=O)NC(CC(C)C)C(=O)NC(CCC(N)=O)C(=O)NC(CO)C(=O)O)C(C)CC. The maximum absolute atomic E-state index is 14.2. The van der Waals surface area contributed by atoms with Gasteiger partial charge in [0, 0.05) is 6.42 Å². The van der Waals surface area contributed by atoms with E-state index in [0.29, 0.717) is 51.6 Å². The second kappa shape index (κ2) is 32.7. The molecule has 22 nitrogen and oxygen atoms in total. The lowest BCUT2D eigenvalue weighted by molar-refractivity contribution is -0.143. The summed E-state index contributed by atoms with van der Waals surface area (Å²) in [6.45, 7) is 14.2. The van der Waals surface area contributed by atoms with Gasteiger partial charge in [-0.15, -0.1) is 0 Å². The molecule has 17 N–H and O–H groups in total. The van der Waals surface area contributed by atoms with Crippen LogP contribution in [0, 0.1) is 23.7 Å². The number of nitrogens with two attached hydrogens (primary N) is 4. The molecule has 8 amide bonds. The van der Waals surface area contributed by atoms with Gasteiger partial charge in [0.2, 0.25) is 47.3 Å². The molecule has 22 heteroatoms. The molecule has 10 atom stereocenters. The van der Waals surface area contributed by atoms with Gasteiger partial charge in [0.25, 0.3) is 0 Å². The van der Waals surface area contributed by atoms with E-state index in [9.17, 15) is 53.4 Å². The molecule has 0 aromatic rings. The van der Waals surface area contributed by atoms with Gasteiger partial charge in [-0.25, -0.2) is 4.79 Å². The van der Waals surface area contributed by atoms with Crippen molar-refractivity contribution in [3.63, 3.8) is 0 Å². The summed E-state index contributed by atoms with van der Waals surface area (Å²) >= 11 is 0. The monoisotopic (exact) mass is 942 g/mol. The summed E-state index contributed by atoms with van der Waals surface area (Å²) in [6.07, 6.45) is 2.79. The van der Waals surface area contributed by atoms with E-state index >= 15 is 0 Å². The number of amides is 8. The smallest absolute Gasteiger partial charge is 0.328 e. The number of carbonyl (C=O) groups excluding carboxylic acids is 8. The van der Waals surface area contributed by atoms with Crippen LogP contribution in [0.25, 0.3) is 0 Å². The number of rotatable bonds is 35. The highest BCUT2D eigenvalue weighted by Crippen LogP contribution is 2.15. The fourth-order valence-electron chi connectivity index (χ4n) is 6.76. The second-order valence-electron chi connectivity index (χ2n) is 18.0. The van der Waals surface area contributed by atoms with Crippen molar-refractivity contribution in [1.82, 2.24) is 37.2 Å². The van der Waals surface area contributed by atoms with E-state index in [1.165, 1.54) is 0 Å². The van der Waals surface area contributed by atoms with Gasteiger partial charge < -0.3 is 70.4 Å². The predicted molar refractivity (Wildman–Crippen MR) is 248 cm³/mol. The Morgan fingerprint density at radius 1 is 0.485 bits per heavy atom. The first-order valence-corrected chi connectivity index (χ1v) is 23.4. The molecule has 0 aliphatic rings. The quantitative estimate of drug-likeness (QED) is 0.0322. The van der Waals surface area contributed by atoms with Crippen LogP contribution >= 0.6 is 0 Å². The zero-order valence-electron chi connectivity index (χ0n) is 40.4. The highest BCUT2D eigenvalue weighted by molar-refractivity contribution is 5.97. The van der Waals surface area contributed by atoms with Gasteiger partial charge in [0.1, 0.15) is 42.3 Å². The summed E-state index contributed by atoms with van der Waals surface area (Å²) in [7, 11) is 0. The third-order valence-corrected chi connectivity index (χ3v) is 11.3. The molecule has 0 radical (unpaired) electrons. The fourth-order valence-corrected chi connectivity index (χ4v) is 6.76. The van der Waals surface area contributed by atoms with E-state index in [-0.39, 0.29) is 62.2 Å². The van der Waals surface area contributed by atoms with Gasteiger partial charge >= 0.3 is 5.97 Å². The van der Waals surface area contributed by atoms with Crippen LogP contribution < -0.4 is 60.2 Å². The van der Waals surface area contributed by atoms with Crippen LogP contribution in [0.4, 0.5) is 0 Å². The molecular formula is C44H83N11O11. The Labute approximate surface area is 390 Å². The minimum absolute atomic E-state index is 0.0553. The molecule has 0 aliphatic carbocycles. The predicted octanol–water partition coefficient (Wildman–Crippen LogP) is -1.51. The Morgan fingerprint density at radius 3 is 1.20 bits per heavy atom. The Morgan fingerprint density at radius 2 is 0.848 bits per heavy atom. The molecular weight excluding hydrogens is 859 g/mol. The lowest BCUT2D eigenvalue weighted by Crippen LogP contribution is -2.61. The fraction of sp³-hybridized carbons (Fsp3) is 0.795. The van der Waals surface area contributed by atoms with E-state index in [4.69, 9.17) is 22.9 Å². The third kappa shape index (κ3) is 23.5. The third-order valence-electron chi connectivity index (χ3n) is 11.3. The molecule has 0 saturated carbocycles. The van der Waals surface area contributed by atoms with Crippen molar-refractivity contribution in [2.24, 2.45) is 46.6 Å². The first-order valence-electron chi connectivity index (χ1n) is 23.4. The Hall–Kier alpha value is -4.93. The number of aliphatic hydroxyl groups excluding tert-OH is 1. The van der Waals surface area contributed by atoms with Gasteiger partial charge in [-0.2, -0.15) is 0 Å². The van der Waals surface area contributed by atoms with Crippen molar-refractivity contribution >= 4 is 53.2 Å². The van der Waals surface area contributed by atoms with E-state index in [1.807, 2.05) is 34.6 Å². The molecule has 0 saturated heterocycles. The zero-order valence-corrected chi connectivity index (χ0v) is 40.4. The first kappa shape index (κ1) is 61.1. The summed E-state index contributed by atoms with van der Waals surface area (Å²) in [4.78, 5) is 119. The Balaban J connectivity index is 6.66. The summed E-state index contributed by atoms with van der Waals surface area (Å²) in [5.41, 5.74) is 22.9. The highest BCUT2D eigenvalue weighted by Gasteiger charge is 2.36. The molecule has 0 aromatic carbocycles. The van der Waals surface area contributed by atoms with E-state index < -0.39 is 108 Å². The molecule has 10 unspecified atom stereocenters. The average Bonchev–Trinajstić information content (AvgIpc) is 3.25. The van der Waals surface area contributed by atoms with Crippen molar-refractivity contribution < 1.29 is 53.4 Å². The molecule has 0 rings (SSSR count). The first-order chi connectivity index (χ1) is 31.0. The van der Waals surface area contributed by atoms with Crippen molar-refractivity contribution in [3.05, 3.63) is 0 Å². The van der Waals surface area contributed by atoms with Crippen LogP contribution in [0.2, 0.25) is 0 Å². The minimum atomic E-state index is -1.71. The molecule has 0 fully saturated rings. The van der Waals surface area contributed by atoms with Gasteiger partial charge in [0.15, 0.2) is 0 Å². The van der Waals surface area contributed by atoms with Crippen LogP contribution in [0.3, 0.4) is 0 Å². The molecule has 0 spiro atoms. The Bertz CT molecular complexity index is 1570. The van der Waals surface area contributed by atoms with Gasteiger partial charge in [-0.05, 0) is 94.5 Å². The highest BCUT2D eigenvalue weighted by atomic mass is 16.4. The number of primary amides is 1. The number of unbranched alkanes of at least 4 members (excludes halogenated alkanes) is 2. The molecule has 380 valence electrons. The molecule has 0 aliphatic heterocycles. The number of hydrogen-bond donors (Lipinski definition) is 13. The number of nitrogens with one attached hydrogen (secondary N) is 7. The van der Waals surface area contributed by atoms with Crippen molar-refractivity contribution in [1.29, 1.82) is 0 Å². The summed E-state index contributed by atoms with van der Waals surface area (Å²) in [6, 6.07) is -9.92. The molecule has 0 heterocycles. The van der Waals surface area contributed by atoms with Crippen molar-refractivity contribution in [2.75, 3.05) is 19.7 Å². The zero-order chi connectivity index (χ0) is 50.7. The van der Waals surface area contributed by atoms with Crippen LogP contribution in [-0.2, 0) is 43.2 Å². The van der Waals surface area contributed by atoms with Gasteiger partial charge in [0.05, 0.1) is 12.6 Å². The van der Waals surface area contributed by atoms with Crippen LogP contribution in [-0.4, -0.2) is 131 Å². The van der Waals surface area contributed by atoms with Gasteiger partial charge in [-0.1, -0.05) is 68.2 Å². The largest absolute Gasteiger partial charge is 0.480 e. The number of hydrogen-bond acceptors (Lipinski definition) is 13. The normalized spacial score (nSPS) is 15.9. The van der Waals surface area contributed by atoms with E-state index in [1.54, 1.807) is 20.8 Å². The maximum Gasteiger partial charge on any atom is 0.328 e. The maximum atomic E-state index is 14.2. The number of carboxylic acid groups (broad SMARTS) is 1.